The van der Waals surface area contributed by atoms with Crippen molar-refractivity contribution in [3.8, 4) is 0 Å². The van der Waals surface area contributed by atoms with Crippen molar-refractivity contribution < 1.29 is 13.9 Å². The summed E-state index contributed by atoms with van der Waals surface area (Å²) < 4.78 is 25.3. The predicted octanol–water partition coefficient (Wildman–Crippen LogP) is 1.73. The average Bonchev–Trinajstić information content (AvgIpc) is 1.97. The van der Waals surface area contributed by atoms with E-state index in [0.717, 1.165) is 19.5 Å². The molecule has 88 valence electrons. The molecule has 2 aliphatic rings. The van der Waals surface area contributed by atoms with Gasteiger partial charge >= 0.3 is 0 Å². The summed E-state index contributed by atoms with van der Waals surface area (Å²) in [7, 11) is 0. The smallest absolute Gasteiger partial charge is 0.248 e. The van der Waals surface area contributed by atoms with E-state index in [1.165, 1.54) is 0 Å². The van der Waals surface area contributed by atoms with Crippen molar-refractivity contribution in [1.29, 1.82) is 0 Å². The Balaban J connectivity index is 1.75. The zero-order valence-corrected chi connectivity index (χ0v) is 9.13. The van der Waals surface area contributed by atoms with Crippen molar-refractivity contribution >= 4 is 0 Å². The van der Waals surface area contributed by atoms with Crippen molar-refractivity contribution in [2.45, 2.75) is 38.2 Å². The number of aliphatic hydroxyl groups is 1. The number of halogens is 2. The monoisotopic (exact) mass is 219 g/mol. The van der Waals surface area contributed by atoms with Crippen LogP contribution < -0.4 is 0 Å². The van der Waals surface area contributed by atoms with E-state index in [1.807, 2.05) is 0 Å². The van der Waals surface area contributed by atoms with Crippen LogP contribution >= 0.6 is 0 Å². The SMILES string of the molecule is C[C@@H]1C[C@H](O)CN(CC2CC(F)(F)C2)C1. The maximum absolute atomic E-state index is 12.6. The summed E-state index contributed by atoms with van der Waals surface area (Å²) in [6.45, 7) is 4.44. The Kier molecular flexibility index (Phi) is 2.99. The molecule has 2 nitrogen and oxygen atoms in total. The molecule has 0 aromatic heterocycles. The first kappa shape index (κ1) is 11.3. The Morgan fingerprint density at radius 3 is 2.53 bits per heavy atom. The third-order valence-corrected chi connectivity index (χ3v) is 3.40. The van der Waals surface area contributed by atoms with Crippen LogP contribution in [-0.4, -0.2) is 41.7 Å². The lowest BCUT2D eigenvalue weighted by Crippen LogP contribution is -2.48. The number of alkyl halides is 2. The molecule has 0 aromatic carbocycles. The summed E-state index contributed by atoms with van der Waals surface area (Å²) in [4.78, 5) is 2.14. The topological polar surface area (TPSA) is 23.5 Å². The number of aliphatic hydroxyl groups excluding tert-OH is 1. The van der Waals surface area contributed by atoms with Gasteiger partial charge in [-0.25, -0.2) is 8.78 Å². The molecule has 4 heteroatoms. The summed E-state index contributed by atoms with van der Waals surface area (Å²) in [5.41, 5.74) is 0. The molecular weight excluding hydrogens is 200 g/mol. The van der Waals surface area contributed by atoms with Gasteiger partial charge in [0.2, 0.25) is 5.92 Å². The maximum Gasteiger partial charge on any atom is 0.248 e. The summed E-state index contributed by atoms with van der Waals surface area (Å²) in [5.74, 6) is -1.79. The molecule has 0 unspecified atom stereocenters. The summed E-state index contributed by atoms with van der Waals surface area (Å²) in [6.07, 6.45) is 0.647. The average molecular weight is 219 g/mol. The van der Waals surface area contributed by atoms with E-state index in [2.05, 4.69) is 11.8 Å². The predicted molar refractivity (Wildman–Crippen MR) is 53.9 cm³/mol. The normalized spacial score (nSPS) is 37.6. The molecule has 15 heavy (non-hydrogen) atoms. The Morgan fingerprint density at radius 1 is 1.33 bits per heavy atom. The van der Waals surface area contributed by atoms with Crippen LogP contribution in [0, 0.1) is 11.8 Å². The highest BCUT2D eigenvalue weighted by atomic mass is 19.3. The molecule has 2 fully saturated rings. The van der Waals surface area contributed by atoms with Gasteiger partial charge in [-0.05, 0) is 18.3 Å². The molecule has 1 heterocycles. The Hall–Kier alpha value is -0.220. The van der Waals surface area contributed by atoms with Crippen molar-refractivity contribution in [1.82, 2.24) is 4.90 Å². The van der Waals surface area contributed by atoms with E-state index < -0.39 is 5.92 Å². The molecule has 0 aromatic rings. The number of hydrogen-bond donors (Lipinski definition) is 1. The number of β-amino-alcohol motifs (C(OH)–C–C–N with tert-alkyl or cyclic N) is 1. The first-order valence-corrected chi connectivity index (χ1v) is 5.73. The number of rotatable bonds is 2. The van der Waals surface area contributed by atoms with E-state index in [1.54, 1.807) is 0 Å². The molecule has 1 aliphatic carbocycles. The minimum atomic E-state index is -2.41. The third kappa shape index (κ3) is 2.88. The molecule has 1 N–H and O–H groups in total. The summed E-state index contributed by atoms with van der Waals surface area (Å²) >= 11 is 0. The summed E-state index contributed by atoms with van der Waals surface area (Å²) in [6, 6.07) is 0. The fourth-order valence-electron chi connectivity index (χ4n) is 2.86. The Bertz CT molecular complexity index is 217. The molecule has 0 radical (unpaired) electrons. The largest absolute Gasteiger partial charge is 0.392 e. The first-order valence-electron chi connectivity index (χ1n) is 5.73. The second kappa shape index (κ2) is 3.98. The quantitative estimate of drug-likeness (QED) is 0.764. The standard InChI is InChI=1S/C11H19F2NO/c1-8-2-10(15)7-14(5-8)6-9-3-11(12,13)4-9/h8-10,15H,2-7H2,1H3/t8-,10+/m1/s1. The van der Waals surface area contributed by atoms with Crippen LogP contribution in [0.25, 0.3) is 0 Å². The second-order valence-electron chi connectivity index (χ2n) is 5.34. The number of nitrogens with zero attached hydrogens (tertiary/aromatic N) is 1. The second-order valence-corrected chi connectivity index (χ2v) is 5.34. The fraction of sp³-hybridized carbons (Fsp3) is 1.00. The zero-order valence-electron chi connectivity index (χ0n) is 9.13. The third-order valence-electron chi connectivity index (χ3n) is 3.40. The molecule has 0 amide bonds. The van der Waals surface area contributed by atoms with Crippen LogP contribution in [0.3, 0.4) is 0 Å². The van der Waals surface area contributed by atoms with Crippen LogP contribution in [0.1, 0.15) is 26.2 Å². The van der Waals surface area contributed by atoms with Gasteiger partial charge in [-0.1, -0.05) is 6.92 Å². The highest BCUT2D eigenvalue weighted by molar-refractivity contribution is 4.89. The highest BCUT2D eigenvalue weighted by Gasteiger charge is 2.45. The van der Waals surface area contributed by atoms with Gasteiger partial charge in [-0.3, -0.25) is 0 Å². The molecule has 2 atom stereocenters. The number of piperidine rings is 1. The minimum Gasteiger partial charge on any atom is -0.392 e. The van der Waals surface area contributed by atoms with Gasteiger partial charge in [0, 0.05) is 32.5 Å². The lowest BCUT2D eigenvalue weighted by molar-refractivity contribution is -0.120. The molecule has 0 spiro atoms. The van der Waals surface area contributed by atoms with Gasteiger partial charge in [0.05, 0.1) is 6.10 Å². The highest BCUT2D eigenvalue weighted by Crippen LogP contribution is 2.42. The van der Waals surface area contributed by atoms with E-state index in [0.29, 0.717) is 12.5 Å². The van der Waals surface area contributed by atoms with E-state index in [9.17, 15) is 13.9 Å². The van der Waals surface area contributed by atoms with Crippen molar-refractivity contribution in [3.05, 3.63) is 0 Å². The fourth-order valence-corrected chi connectivity index (χ4v) is 2.86. The Morgan fingerprint density at radius 2 is 2.00 bits per heavy atom. The molecule has 1 aliphatic heterocycles. The van der Waals surface area contributed by atoms with Gasteiger partial charge < -0.3 is 10.0 Å². The maximum atomic E-state index is 12.6. The van der Waals surface area contributed by atoms with Gasteiger partial charge in [0.1, 0.15) is 0 Å². The lowest BCUT2D eigenvalue weighted by atomic mass is 9.80. The van der Waals surface area contributed by atoms with Crippen molar-refractivity contribution in [2.75, 3.05) is 19.6 Å². The number of hydrogen-bond acceptors (Lipinski definition) is 2. The van der Waals surface area contributed by atoms with E-state index >= 15 is 0 Å². The van der Waals surface area contributed by atoms with Gasteiger partial charge in [0.15, 0.2) is 0 Å². The zero-order chi connectivity index (χ0) is 11.1. The lowest BCUT2D eigenvalue weighted by Gasteiger charge is -2.41. The summed E-state index contributed by atoms with van der Waals surface area (Å²) in [5, 5.41) is 9.57. The number of likely N-dealkylation sites (tertiary alicyclic amines) is 1. The Labute approximate surface area is 89.3 Å². The molecular formula is C11H19F2NO. The first-order chi connectivity index (χ1) is 6.94. The molecule has 2 rings (SSSR count). The van der Waals surface area contributed by atoms with E-state index in [4.69, 9.17) is 0 Å². The van der Waals surface area contributed by atoms with Crippen molar-refractivity contribution in [2.24, 2.45) is 11.8 Å². The van der Waals surface area contributed by atoms with Gasteiger partial charge in [0.25, 0.3) is 0 Å². The van der Waals surface area contributed by atoms with Crippen molar-refractivity contribution in [3.63, 3.8) is 0 Å². The van der Waals surface area contributed by atoms with Crippen LogP contribution in [0.5, 0.6) is 0 Å². The van der Waals surface area contributed by atoms with Crippen LogP contribution in [0.15, 0.2) is 0 Å². The van der Waals surface area contributed by atoms with Crippen LogP contribution in [-0.2, 0) is 0 Å². The molecule has 1 saturated carbocycles. The molecule has 1 saturated heterocycles. The van der Waals surface area contributed by atoms with E-state index in [-0.39, 0.29) is 24.9 Å². The van der Waals surface area contributed by atoms with Gasteiger partial charge in [-0.15, -0.1) is 0 Å². The van der Waals surface area contributed by atoms with Gasteiger partial charge in [-0.2, -0.15) is 0 Å². The van der Waals surface area contributed by atoms with Crippen LogP contribution in [0.4, 0.5) is 8.78 Å². The van der Waals surface area contributed by atoms with Crippen LogP contribution in [0.2, 0.25) is 0 Å². The molecule has 0 bridgehead atoms. The minimum absolute atomic E-state index is 0.0357.